The van der Waals surface area contributed by atoms with E-state index in [1.54, 1.807) is 32.2 Å². The normalized spacial score (nSPS) is 14.0. The van der Waals surface area contributed by atoms with Crippen molar-refractivity contribution in [3.05, 3.63) is 70.9 Å². The molecular weight excluding hydrogens is 476 g/mol. The lowest BCUT2D eigenvalue weighted by molar-refractivity contribution is 0.0831. The fourth-order valence-electron chi connectivity index (χ4n) is 3.62. The van der Waals surface area contributed by atoms with Crippen LogP contribution in [0.25, 0.3) is 5.65 Å². The second kappa shape index (κ2) is 9.95. The zero-order valence-electron chi connectivity index (χ0n) is 19.8. The number of amides is 1. The van der Waals surface area contributed by atoms with Crippen molar-refractivity contribution >= 4 is 11.6 Å². The van der Waals surface area contributed by atoms with E-state index in [1.165, 1.54) is 22.2 Å². The molecule has 3 aromatic heterocycles. The van der Waals surface area contributed by atoms with E-state index in [9.17, 15) is 23.8 Å². The summed E-state index contributed by atoms with van der Waals surface area (Å²) in [7, 11) is 0. The number of benzene rings is 1. The molecule has 0 saturated carbocycles. The number of aryl methyl sites for hydroxylation is 1. The van der Waals surface area contributed by atoms with Gasteiger partial charge in [-0.2, -0.15) is 4.80 Å². The first-order valence-electron chi connectivity index (χ1n) is 11.1. The van der Waals surface area contributed by atoms with E-state index in [-0.39, 0.29) is 41.6 Å². The van der Waals surface area contributed by atoms with Crippen molar-refractivity contribution in [1.82, 2.24) is 34.9 Å². The Morgan fingerprint density at radius 2 is 1.97 bits per heavy atom. The van der Waals surface area contributed by atoms with Gasteiger partial charge in [0.25, 0.3) is 5.91 Å². The number of hydrogen-bond acceptors (Lipinski definition) is 8. The van der Waals surface area contributed by atoms with Crippen LogP contribution in [-0.4, -0.2) is 58.4 Å². The monoisotopic (exact) mass is 501 g/mol. The third kappa shape index (κ3) is 4.88. The number of aliphatic hydroxyl groups is 2. The Hall–Kier alpha value is -3.97. The molecule has 0 aliphatic rings. The molecule has 190 valence electrons. The number of tetrazole rings is 1. The van der Waals surface area contributed by atoms with Crippen molar-refractivity contribution in [2.24, 2.45) is 0 Å². The van der Waals surface area contributed by atoms with Crippen molar-refractivity contribution < 1.29 is 28.5 Å². The van der Waals surface area contributed by atoms with Gasteiger partial charge in [-0.1, -0.05) is 6.07 Å². The Balaban J connectivity index is 1.61. The van der Waals surface area contributed by atoms with Crippen LogP contribution >= 0.6 is 0 Å². The summed E-state index contributed by atoms with van der Waals surface area (Å²) in [5, 5.41) is 34.2. The Morgan fingerprint density at radius 1 is 1.25 bits per heavy atom. The molecule has 2 unspecified atom stereocenters. The summed E-state index contributed by atoms with van der Waals surface area (Å²) in [6, 6.07) is 6.72. The average molecular weight is 501 g/mol. The predicted molar refractivity (Wildman–Crippen MR) is 122 cm³/mol. The number of nitrogens with one attached hydrogen (secondary N) is 1. The minimum atomic E-state index is -1.39. The van der Waals surface area contributed by atoms with Gasteiger partial charge in [-0.05, 0) is 50.3 Å². The van der Waals surface area contributed by atoms with E-state index < -0.39 is 35.8 Å². The Bertz CT molecular complexity index is 1380. The predicted octanol–water partition coefficient (Wildman–Crippen LogP) is 1.50. The van der Waals surface area contributed by atoms with Gasteiger partial charge in [-0.15, -0.1) is 10.2 Å². The minimum Gasteiger partial charge on any atom is -0.485 e. The number of aromatic nitrogens is 6. The summed E-state index contributed by atoms with van der Waals surface area (Å²) in [6.07, 6.45) is 0.878. The van der Waals surface area contributed by atoms with Crippen molar-refractivity contribution in [3.8, 4) is 5.75 Å². The fourth-order valence-corrected chi connectivity index (χ4v) is 3.62. The number of pyridine rings is 1. The van der Waals surface area contributed by atoms with Crippen LogP contribution in [0.4, 0.5) is 8.78 Å². The summed E-state index contributed by atoms with van der Waals surface area (Å²) in [4.78, 5) is 18.9. The first-order chi connectivity index (χ1) is 17.1. The molecule has 11 nitrogen and oxygen atoms in total. The van der Waals surface area contributed by atoms with Crippen LogP contribution in [0.2, 0.25) is 0 Å². The summed E-state index contributed by atoms with van der Waals surface area (Å²) in [6.45, 7) is 3.91. The highest BCUT2D eigenvalue weighted by atomic mass is 19.1. The van der Waals surface area contributed by atoms with E-state index in [1.807, 2.05) is 0 Å². The number of imidazole rings is 1. The first kappa shape index (κ1) is 25.1. The van der Waals surface area contributed by atoms with Gasteiger partial charge in [-0.3, -0.25) is 9.20 Å². The maximum atomic E-state index is 14.0. The molecule has 0 aliphatic heterocycles. The maximum absolute atomic E-state index is 14.0. The molecule has 1 aromatic carbocycles. The number of nitrogens with zero attached hydrogens (tertiary/aromatic N) is 6. The standard InChI is InChI=1S/C23H25F2N7O4/c1-13(34)10-32-29-22(28-30-32)23(3,12-33)27-21(35)19-14(2)26-20-18(8-5-9-31(19)20)36-11-15-16(24)6-4-7-17(15)25/h4-9,13,33-34H,10-12H2,1-3H3,(H,27,35). The summed E-state index contributed by atoms with van der Waals surface area (Å²) >= 11 is 0. The number of carbonyl (C=O) groups excluding carboxylic acids is 1. The number of hydrogen-bond donors (Lipinski definition) is 3. The van der Waals surface area contributed by atoms with E-state index >= 15 is 0 Å². The number of carbonyl (C=O) groups is 1. The molecule has 0 fully saturated rings. The van der Waals surface area contributed by atoms with Crippen LogP contribution in [-0.2, 0) is 18.7 Å². The lowest BCUT2D eigenvalue weighted by Crippen LogP contribution is -2.47. The van der Waals surface area contributed by atoms with Crippen LogP contribution in [0.1, 0.15) is 41.4 Å². The molecule has 4 aromatic rings. The van der Waals surface area contributed by atoms with Crippen molar-refractivity contribution in [1.29, 1.82) is 0 Å². The number of halogens is 2. The number of rotatable bonds is 9. The number of ether oxygens (including phenoxy) is 1. The Labute approximate surface area is 204 Å². The molecule has 2 atom stereocenters. The Morgan fingerprint density at radius 3 is 2.64 bits per heavy atom. The molecule has 0 aliphatic carbocycles. The molecule has 13 heteroatoms. The number of aliphatic hydroxyl groups excluding tert-OH is 2. The van der Waals surface area contributed by atoms with Gasteiger partial charge in [0.15, 0.2) is 11.4 Å². The van der Waals surface area contributed by atoms with Gasteiger partial charge < -0.3 is 20.3 Å². The van der Waals surface area contributed by atoms with Crippen molar-refractivity contribution in [2.75, 3.05) is 6.61 Å². The number of fused-ring (bicyclic) bond motifs is 1. The van der Waals surface area contributed by atoms with Crippen LogP contribution in [0.5, 0.6) is 5.75 Å². The van der Waals surface area contributed by atoms with Gasteiger partial charge in [0.05, 0.1) is 30.5 Å². The summed E-state index contributed by atoms with van der Waals surface area (Å²) in [5.41, 5.74) is -0.837. The van der Waals surface area contributed by atoms with E-state index in [0.717, 1.165) is 12.1 Å². The lowest BCUT2D eigenvalue weighted by atomic mass is 10.0. The van der Waals surface area contributed by atoms with Crippen LogP contribution in [0, 0.1) is 18.6 Å². The molecule has 36 heavy (non-hydrogen) atoms. The molecule has 0 radical (unpaired) electrons. The maximum Gasteiger partial charge on any atom is 0.271 e. The molecule has 4 rings (SSSR count). The second-order valence-corrected chi connectivity index (χ2v) is 8.56. The molecule has 0 spiro atoms. The van der Waals surface area contributed by atoms with E-state index in [2.05, 4.69) is 25.7 Å². The SMILES string of the molecule is Cc1nc2c(OCc3c(F)cccc3F)cccn2c1C(=O)NC(C)(CO)c1nnn(CC(C)O)n1. The largest absolute Gasteiger partial charge is 0.485 e. The highest BCUT2D eigenvalue weighted by molar-refractivity contribution is 5.95. The summed E-state index contributed by atoms with van der Waals surface area (Å²) in [5.74, 6) is -1.77. The zero-order valence-corrected chi connectivity index (χ0v) is 19.8. The van der Waals surface area contributed by atoms with Gasteiger partial charge in [0.2, 0.25) is 5.82 Å². The molecule has 0 saturated heterocycles. The zero-order chi connectivity index (χ0) is 26.0. The average Bonchev–Trinajstić information content (AvgIpc) is 3.42. The van der Waals surface area contributed by atoms with Gasteiger partial charge in [0, 0.05) is 6.20 Å². The van der Waals surface area contributed by atoms with Gasteiger partial charge in [-0.25, -0.2) is 13.8 Å². The minimum absolute atomic E-state index is 0.0569. The highest BCUT2D eigenvalue weighted by Gasteiger charge is 2.35. The first-order valence-corrected chi connectivity index (χ1v) is 11.1. The lowest BCUT2D eigenvalue weighted by Gasteiger charge is -2.25. The summed E-state index contributed by atoms with van der Waals surface area (Å²) < 4.78 is 35.1. The van der Waals surface area contributed by atoms with Crippen LogP contribution < -0.4 is 10.1 Å². The van der Waals surface area contributed by atoms with Crippen LogP contribution in [0.3, 0.4) is 0 Å². The van der Waals surface area contributed by atoms with Gasteiger partial charge in [0.1, 0.15) is 29.5 Å². The fraction of sp³-hybridized carbons (Fsp3) is 0.348. The quantitative estimate of drug-likeness (QED) is 0.314. The molecule has 1 amide bonds. The van der Waals surface area contributed by atoms with Crippen molar-refractivity contribution in [2.45, 2.75) is 45.6 Å². The van der Waals surface area contributed by atoms with Gasteiger partial charge >= 0.3 is 0 Å². The van der Waals surface area contributed by atoms with E-state index in [4.69, 9.17) is 4.74 Å². The topological polar surface area (TPSA) is 140 Å². The second-order valence-electron chi connectivity index (χ2n) is 8.56. The highest BCUT2D eigenvalue weighted by Crippen LogP contribution is 2.25. The molecule has 3 N–H and O–H groups in total. The third-order valence-corrected chi connectivity index (χ3v) is 5.52. The molecule has 3 heterocycles. The Kier molecular flexibility index (Phi) is 6.95. The van der Waals surface area contributed by atoms with Crippen LogP contribution in [0.15, 0.2) is 36.5 Å². The van der Waals surface area contributed by atoms with E-state index in [0.29, 0.717) is 5.69 Å². The van der Waals surface area contributed by atoms with Crippen molar-refractivity contribution in [3.63, 3.8) is 0 Å². The smallest absolute Gasteiger partial charge is 0.271 e. The molecular formula is C23H25F2N7O4. The molecule has 0 bridgehead atoms. The third-order valence-electron chi connectivity index (χ3n) is 5.52.